The molecule has 3 aromatic carbocycles. The molecule has 22 heteroatoms. The molecule has 3 aliphatic rings. The van der Waals surface area contributed by atoms with Crippen LogP contribution in [0.1, 0.15) is 191 Å². The highest BCUT2D eigenvalue weighted by Gasteiger charge is 2.45. The van der Waals surface area contributed by atoms with E-state index >= 15 is 0 Å². The number of nitrogens with one attached hydrogen (secondary N) is 3. The first-order chi connectivity index (χ1) is 43.7. The Hall–Kier alpha value is -8.24. The van der Waals surface area contributed by atoms with Gasteiger partial charge in [0, 0.05) is 91.7 Å². The van der Waals surface area contributed by atoms with E-state index in [4.69, 9.17) is 9.84 Å². The predicted molar refractivity (Wildman–Crippen MR) is 350 cm³/mol. The number of carboxylic acid groups (broad SMARTS) is 4. The average molecular weight is 1290 g/mol. The van der Waals surface area contributed by atoms with Crippen LogP contribution >= 0.6 is 0 Å². The summed E-state index contributed by atoms with van der Waals surface area (Å²) in [4.78, 5) is 99.8. The number of urea groups is 1. The molecule has 3 amide bonds. The largest absolute Gasteiger partial charge is 0.481 e. The summed E-state index contributed by atoms with van der Waals surface area (Å²) in [7, 11) is -4.24. The Morgan fingerprint density at radius 3 is 2.00 bits per heavy atom. The zero-order valence-corrected chi connectivity index (χ0v) is 54.5. The number of para-hydroxylation sites is 2. The van der Waals surface area contributed by atoms with Crippen molar-refractivity contribution in [2.24, 2.45) is 5.92 Å². The standard InChI is InChI=1S/C70H91N5O16S/c1-6-74-57-31-18-17-29-53(57)69(2,3)60(74)39-35-47-24-21-25-48(64(47)91-52-27-13-10-14-28-52)36-40-61-70(4,5)54-46-49(34-38-58(54)75(61)43-22-44-92(88,89)90)59(77)32-15-9-11-23-50(65(81)82)45-51(76)26-12-7-8-16-33-62(78)71-42-20-19-30-55(66(83)84)72-68(87)73-56(67(85)86)37-41-63(79)80/h10,13-14,17-18,27-29,31,34-36,38-40,46,50,55-56H,6-9,11-12,15-16,19-26,30,32-33,37,41-45H2,1-5H3,(H7-,71,72,73,78,79,80,81,82,83,84,85,86,87,88,89,90)/p+1/t50?,55-,56-/m0/s1. The molecule has 6 rings (SSSR count). The van der Waals surface area contributed by atoms with Crippen molar-refractivity contribution in [1.29, 1.82) is 0 Å². The summed E-state index contributed by atoms with van der Waals surface area (Å²) >= 11 is 0. The minimum Gasteiger partial charge on any atom is -0.481 e. The lowest BCUT2D eigenvalue weighted by Gasteiger charge is -2.26. The van der Waals surface area contributed by atoms with E-state index in [1.807, 2.05) is 42.5 Å². The van der Waals surface area contributed by atoms with Crippen molar-refractivity contribution in [3.63, 3.8) is 0 Å². The van der Waals surface area contributed by atoms with Crippen LogP contribution in [0.3, 0.4) is 0 Å². The molecule has 3 atom stereocenters. The number of carboxylic acids is 4. The zero-order chi connectivity index (χ0) is 67.2. The number of rotatable bonds is 39. The molecule has 92 heavy (non-hydrogen) atoms. The maximum atomic E-state index is 13.9. The minimum absolute atomic E-state index is 0.00427. The molecule has 0 saturated heterocycles. The topological polar surface area (TPSA) is 323 Å². The van der Waals surface area contributed by atoms with Gasteiger partial charge < -0.3 is 46.0 Å². The second-order valence-electron chi connectivity index (χ2n) is 25.0. The van der Waals surface area contributed by atoms with Crippen LogP contribution in [-0.2, 0) is 49.7 Å². The molecule has 1 aliphatic carbocycles. The molecule has 0 bridgehead atoms. The fraction of sp³-hybridized carbons (Fsp3) is 0.500. The number of anilines is 1. The van der Waals surface area contributed by atoms with Crippen molar-refractivity contribution in [3.05, 3.63) is 136 Å². The van der Waals surface area contributed by atoms with Gasteiger partial charge in [0.15, 0.2) is 11.5 Å². The lowest BCUT2D eigenvalue weighted by molar-refractivity contribution is -0.437. The number of aliphatic carboxylic acids is 4. The second-order valence-corrected chi connectivity index (χ2v) is 26.6. The van der Waals surface area contributed by atoms with Crippen molar-refractivity contribution >= 4 is 74.6 Å². The summed E-state index contributed by atoms with van der Waals surface area (Å²) in [6.45, 7) is 12.2. The maximum Gasteiger partial charge on any atom is 0.326 e. The van der Waals surface area contributed by atoms with Gasteiger partial charge in [0.25, 0.3) is 10.1 Å². The summed E-state index contributed by atoms with van der Waals surface area (Å²) in [5, 5.41) is 44.5. The Balaban J connectivity index is 0.975. The third kappa shape index (κ3) is 21.2. The Morgan fingerprint density at radius 2 is 1.33 bits per heavy atom. The van der Waals surface area contributed by atoms with E-state index in [9.17, 15) is 66.6 Å². The number of benzene rings is 3. The van der Waals surface area contributed by atoms with Gasteiger partial charge in [-0.15, -0.1) is 0 Å². The van der Waals surface area contributed by atoms with Crippen LogP contribution in [0, 0.1) is 5.92 Å². The van der Waals surface area contributed by atoms with E-state index in [2.05, 4.69) is 109 Å². The number of hydrogen-bond acceptors (Lipinski definition) is 12. The predicted octanol–water partition coefficient (Wildman–Crippen LogP) is 11.5. The van der Waals surface area contributed by atoms with Crippen LogP contribution in [0.25, 0.3) is 0 Å². The van der Waals surface area contributed by atoms with Gasteiger partial charge in [0.1, 0.15) is 35.9 Å². The molecule has 8 N–H and O–H groups in total. The van der Waals surface area contributed by atoms with Crippen molar-refractivity contribution < 1.29 is 81.1 Å². The number of amides is 3. The highest BCUT2D eigenvalue weighted by Crippen LogP contribution is 2.48. The van der Waals surface area contributed by atoms with Gasteiger partial charge in [-0.25, -0.2) is 14.4 Å². The molecule has 0 fully saturated rings. The second kappa shape index (κ2) is 34.4. The van der Waals surface area contributed by atoms with E-state index in [0.29, 0.717) is 69.1 Å². The van der Waals surface area contributed by atoms with E-state index in [-0.39, 0.29) is 87.3 Å². The number of ketones is 2. The molecule has 2 aliphatic heterocycles. The van der Waals surface area contributed by atoms with Crippen LogP contribution in [-0.4, -0.2) is 129 Å². The molecule has 21 nitrogen and oxygen atoms in total. The number of nitrogens with zero attached hydrogens (tertiary/aromatic N) is 2. The van der Waals surface area contributed by atoms with Crippen LogP contribution in [0.5, 0.6) is 5.75 Å². The molecule has 0 saturated carbocycles. The number of Topliss-reactive ketones (excluding diaryl/α,β-unsaturated/α-hetero) is 2. The minimum atomic E-state index is -4.24. The monoisotopic (exact) mass is 1290 g/mol. The number of hydrogen-bond donors (Lipinski definition) is 8. The summed E-state index contributed by atoms with van der Waals surface area (Å²) in [5.74, 6) is -5.31. The number of likely N-dealkylation sites (N-methyl/N-ethyl adjacent to an activating group) is 1. The van der Waals surface area contributed by atoms with Crippen molar-refractivity contribution in [2.45, 2.75) is 192 Å². The quantitative estimate of drug-likeness (QED) is 0.0114. The van der Waals surface area contributed by atoms with Gasteiger partial charge in [-0.2, -0.15) is 13.0 Å². The number of unbranched alkanes of at least 4 members (excludes halogenated alkanes) is 6. The van der Waals surface area contributed by atoms with E-state index in [0.717, 1.165) is 59.7 Å². The smallest absolute Gasteiger partial charge is 0.326 e. The fourth-order valence-electron chi connectivity index (χ4n) is 12.4. The molecule has 498 valence electrons. The Kier molecular flexibility index (Phi) is 27.3. The van der Waals surface area contributed by atoms with E-state index in [1.165, 1.54) is 16.9 Å². The number of carbonyl (C=O) groups is 8. The third-order valence-corrected chi connectivity index (χ3v) is 18.2. The highest BCUT2D eigenvalue weighted by molar-refractivity contribution is 7.85. The lowest BCUT2D eigenvalue weighted by atomic mass is 9.80. The van der Waals surface area contributed by atoms with Crippen LogP contribution < -0.4 is 25.6 Å². The Labute approximate surface area is 539 Å². The molecule has 0 spiro atoms. The molecular formula is C70H92N5O16S+. The molecule has 1 unspecified atom stereocenters. The van der Waals surface area contributed by atoms with Crippen LogP contribution in [0.15, 0.2) is 120 Å². The number of allylic oxidation sites excluding steroid dienone is 7. The Bertz CT molecular complexity index is 3440. The van der Waals surface area contributed by atoms with Gasteiger partial charge in [-0.3, -0.25) is 28.5 Å². The molecule has 3 aromatic rings. The maximum absolute atomic E-state index is 13.9. The molecule has 0 aromatic heterocycles. The Morgan fingerprint density at radius 1 is 0.674 bits per heavy atom. The third-order valence-electron chi connectivity index (χ3n) is 17.4. The van der Waals surface area contributed by atoms with Gasteiger partial charge in [-0.1, -0.05) is 82.0 Å². The van der Waals surface area contributed by atoms with Gasteiger partial charge >= 0.3 is 29.9 Å². The highest BCUT2D eigenvalue weighted by atomic mass is 32.2. The SMILES string of the molecule is CCN1C(=CC=C2CCCC(C=CC3=[N+](CCCS(=O)(=O)O)c4ccc(C(=O)CCCCCC(CC(=O)CCCCCCC(=O)NCCCC[C@H](NC(=O)N[C@@H](CCC(=O)O)C(=O)O)C(=O)O)C(=O)O)cc4C3(C)C)=C2Oc2ccccc2)C(C)(C)c2ccccc21. The van der Waals surface area contributed by atoms with Crippen LogP contribution in [0.2, 0.25) is 0 Å². The normalized spacial score (nSPS) is 16.9. The van der Waals surface area contributed by atoms with E-state index in [1.54, 1.807) is 6.07 Å². The van der Waals surface area contributed by atoms with Crippen molar-refractivity contribution in [2.75, 3.05) is 30.3 Å². The van der Waals surface area contributed by atoms with Gasteiger partial charge in [-0.05, 0) is 151 Å². The summed E-state index contributed by atoms with van der Waals surface area (Å²) < 4.78 is 42.6. The molecular weight excluding hydrogens is 1200 g/mol. The van der Waals surface area contributed by atoms with Gasteiger partial charge in [0.05, 0.1) is 17.1 Å². The zero-order valence-electron chi connectivity index (χ0n) is 53.7. The first kappa shape index (κ1) is 72.8. The number of carbonyl (C=O) groups excluding carboxylic acids is 4. The molecule has 2 heterocycles. The first-order valence-electron chi connectivity index (χ1n) is 32.2. The van der Waals surface area contributed by atoms with Crippen molar-refractivity contribution in [3.8, 4) is 5.75 Å². The number of fused-ring (bicyclic) bond motifs is 2. The summed E-state index contributed by atoms with van der Waals surface area (Å²) in [6.07, 6.45) is 16.0. The molecule has 0 radical (unpaired) electrons. The average Bonchev–Trinajstić information content (AvgIpc) is 1.60. The summed E-state index contributed by atoms with van der Waals surface area (Å²) in [5.41, 5.74) is 8.07. The van der Waals surface area contributed by atoms with Crippen LogP contribution in [0.4, 0.5) is 16.2 Å². The number of ether oxygens (including phenoxy) is 1. The fourth-order valence-corrected chi connectivity index (χ4v) is 12.9. The van der Waals surface area contributed by atoms with Crippen molar-refractivity contribution in [1.82, 2.24) is 16.0 Å². The van der Waals surface area contributed by atoms with E-state index < -0.39 is 75.6 Å². The van der Waals surface area contributed by atoms with Gasteiger partial charge in [0.2, 0.25) is 11.6 Å². The summed E-state index contributed by atoms with van der Waals surface area (Å²) in [6, 6.07) is 19.9. The lowest BCUT2D eigenvalue weighted by Crippen LogP contribution is -2.51. The first-order valence-corrected chi connectivity index (χ1v) is 33.8.